The molecular formula is C9H17NO3S. The zero-order chi connectivity index (χ0) is 10.9. The van der Waals surface area contributed by atoms with E-state index in [1.54, 1.807) is 0 Å². The molecule has 4 nitrogen and oxygen atoms in total. The van der Waals surface area contributed by atoms with E-state index in [1.165, 1.54) is 25.3 Å². The van der Waals surface area contributed by atoms with Crippen LogP contribution >= 0.6 is 0 Å². The van der Waals surface area contributed by atoms with Crippen molar-refractivity contribution < 1.29 is 13.2 Å². The summed E-state index contributed by atoms with van der Waals surface area (Å²) in [5, 5.41) is -0.491. The van der Waals surface area contributed by atoms with Crippen molar-refractivity contribution in [2.75, 3.05) is 14.1 Å². The lowest BCUT2D eigenvalue weighted by Gasteiger charge is -2.21. The summed E-state index contributed by atoms with van der Waals surface area (Å²) in [4.78, 5) is 11.2. The van der Waals surface area contributed by atoms with Crippen LogP contribution in [0.5, 0.6) is 0 Å². The first-order valence-corrected chi connectivity index (χ1v) is 6.29. The van der Waals surface area contributed by atoms with Crippen LogP contribution in [-0.2, 0) is 14.8 Å². The highest BCUT2D eigenvalue weighted by Crippen LogP contribution is 2.32. The second-order valence-electron chi connectivity index (χ2n) is 4.01. The van der Waals surface area contributed by atoms with Crippen molar-refractivity contribution >= 4 is 15.8 Å². The van der Waals surface area contributed by atoms with Crippen molar-refractivity contribution in [3.63, 3.8) is 0 Å². The van der Waals surface area contributed by atoms with Crippen LogP contribution in [0.15, 0.2) is 0 Å². The van der Waals surface area contributed by atoms with Gasteiger partial charge in [-0.05, 0) is 19.8 Å². The minimum absolute atomic E-state index is 0.00192. The molecule has 2 atom stereocenters. The molecule has 0 saturated heterocycles. The maximum atomic E-state index is 11.8. The first kappa shape index (κ1) is 11.7. The van der Waals surface area contributed by atoms with Gasteiger partial charge < -0.3 is 0 Å². The number of carbonyl (C=O) groups is 1. The third kappa shape index (κ3) is 1.98. The summed E-state index contributed by atoms with van der Waals surface area (Å²) < 4.78 is 24.9. The number of ketones is 1. The predicted molar refractivity (Wildman–Crippen MR) is 54.4 cm³/mol. The number of hydrogen-bond acceptors (Lipinski definition) is 3. The molecule has 1 aliphatic carbocycles. The second-order valence-corrected chi connectivity index (χ2v) is 6.38. The van der Waals surface area contributed by atoms with E-state index < -0.39 is 15.3 Å². The number of Topliss-reactive ketones (excluding diaryl/α,β-unsaturated/α-hetero) is 1. The van der Waals surface area contributed by atoms with E-state index in [0.717, 1.165) is 6.42 Å². The number of rotatable bonds is 3. The Morgan fingerprint density at radius 3 is 2.29 bits per heavy atom. The van der Waals surface area contributed by atoms with E-state index >= 15 is 0 Å². The molecule has 2 unspecified atom stereocenters. The van der Waals surface area contributed by atoms with Crippen molar-refractivity contribution in [2.24, 2.45) is 5.92 Å². The normalized spacial score (nSPS) is 28.3. The Bertz CT molecular complexity index is 321. The summed E-state index contributed by atoms with van der Waals surface area (Å²) in [7, 11) is -0.221. The van der Waals surface area contributed by atoms with Crippen LogP contribution in [0.25, 0.3) is 0 Å². The van der Waals surface area contributed by atoms with E-state index in [-0.39, 0.29) is 11.7 Å². The minimum atomic E-state index is -3.26. The summed E-state index contributed by atoms with van der Waals surface area (Å²) in [6.07, 6.45) is 2.17. The van der Waals surface area contributed by atoms with Gasteiger partial charge in [0.05, 0.1) is 5.25 Å². The Hall–Kier alpha value is -0.420. The standard InChI is InChI=1S/C9H17NO3S/c1-7(11)8-5-4-6-9(8)14(12,13)10(2)3/h8-9H,4-6H2,1-3H3. The third-order valence-electron chi connectivity index (χ3n) is 2.87. The van der Waals surface area contributed by atoms with Gasteiger partial charge in [-0.25, -0.2) is 12.7 Å². The summed E-state index contributed by atoms with van der Waals surface area (Å²) in [5.41, 5.74) is 0. The molecule has 14 heavy (non-hydrogen) atoms. The Kier molecular flexibility index (Phi) is 3.32. The fraction of sp³-hybridized carbons (Fsp3) is 0.889. The van der Waals surface area contributed by atoms with E-state index in [1.807, 2.05) is 0 Å². The lowest BCUT2D eigenvalue weighted by atomic mass is 10.0. The molecule has 0 spiro atoms. The Balaban J connectivity index is 2.93. The Morgan fingerprint density at radius 1 is 1.29 bits per heavy atom. The van der Waals surface area contributed by atoms with Crippen LogP contribution in [0.1, 0.15) is 26.2 Å². The molecule has 0 N–H and O–H groups in total. The smallest absolute Gasteiger partial charge is 0.217 e. The number of hydrogen-bond donors (Lipinski definition) is 0. The Labute approximate surface area is 85.3 Å². The zero-order valence-corrected chi connectivity index (χ0v) is 9.67. The summed E-state index contributed by atoms with van der Waals surface area (Å²) >= 11 is 0. The van der Waals surface area contributed by atoms with Crippen molar-refractivity contribution in [2.45, 2.75) is 31.4 Å². The van der Waals surface area contributed by atoms with Gasteiger partial charge in [0.2, 0.25) is 10.0 Å². The highest BCUT2D eigenvalue weighted by atomic mass is 32.2. The van der Waals surface area contributed by atoms with Crippen LogP contribution in [-0.4, -0.2) is 37.9 Å². The average Bonchev–Trinajstić information content (AvgIpc) is 2.51. The molecule has 5 heteroatoms. The zero-order valence-electron chi connectivity index (χ0n) is 8.86. The summed E-state index contributed by atoms with van der Waals surface area (Å²) in [6.45, 7) is 1.48. The fourth-order valence-electron chi connectivity index (χ4n) is 2.02. The van der Waals surface area contributed by atoms with Crippen molar-refractivity contribution in [1.82, 2.24) is 4.31 Å². The molecule has 0 heterocycles. The molecule has 0 aromatic rings. The van der Waals surface area contributed by atoms with Crippen LogP contribution in [0.3, 0.4) is 0 Å². The lowest BCUT2D eigenvalue weighted by Crippen LogP contribution is -2.37. The molecule has 0 aromatic heterocycles. The van der Waals surface area contributed by atoms with Gasteiger partial charge in [0.15, 0.2) is 0 Å². The fourth-order valence-corrected chi connectivity index (χ4v) is 3.77. The van der Waals surface area contributed by atoms with Gasteiger partial charge in [-0.3, -0.25) is 4.79 Å². The van der Waals surface area contributed by atoms with E-state index in [9.17, 15) is 13.2 Å². The van der Waals surface area contributed by atoms with Crippen molar-refractivity contribution in [3.05, 3.63) is 0 Å². The molecule has 0 amide bonds. The maximum Gasteiger partial charge on any atom is 0.217 e. The molecule has 0 bridgehead atoms. The molecule has 0 radical (unpaired) electrons. The average molecular weight is 219 g/mol. The third-order valence-corrected chi connectivity index (χ3v) is 5.21. The molecular weight excluding hydrogens is 202 g/mol. The topological polar surface area (TPSA) is 54.5 Å². The van der Waals surface area contributed by atoms with Crippen LogP contribution in [0, 0.1) is 5.92 Å². The van der Waals surface area contributed by atoms with E-state index in [0.29, 0.717) is 12.8 Å². The molecule has 1 saturated carbocycles. The molecule has 1 aliphatic rings. The van der Waals surface area contributed by atoms with Crippen molar-refractivity contribution in [3.8, 4) is 0 Å². The van der Waals surface area contributed by atoms with Gasteiger partial charge in [-0.15, -0.1) is 0 Å². The molecule has 0 aliphatic heterocycles. The molecule has 1 fully saturated rings. The first-order valence-electron chi connectivity index (χ1n) is 4.79. The van der Waals surface area contributed by atoms with Crippen molar-refractivity contribution in [1.29, 1.82) is 0 Å². The highest BCUT2D eigenvalue weighted by Gasteiger charge is 2.40. The van der Waals surface area contributed by atoms with Gasteiger partial charge in [0.25, 0.3) is 0 Å². The molecule has 0 aromatic carbocycles. The quantitative estimate of drug-likeness (QED) is 0.699. The predicted octanol–water partition coefficient (Wildman–Crippen LogP) is 0.635. The summed E-state index contributed by atoms with van der Waals surface area (Å²) in [5.74, 6) is -0.291. The van der Waals surface area contributed by atoms with Crippen LogP contribution in [0.4, 0.5) is 0 Å². The molecule has 1 rings (SSSR count). The molecule has 82 valence electrons. The second kappa shape index (κ2) is 3.98. The van der Waals surface area contributed by atoms with Crippen LogP contribution < -0.4 is 0 Å². The van der Waals surface area contributed by atoms with Gasteiger partial charge in [-0.1, -0.05) is 6.42 Å². The maximum absolute atomic E-state index is 11.8. The van der Waals surface area contributed by atoms with Gasteiger partial charge in [0.1, 0.15) is 5.78 Å². The summed E-state index contributed by atoms with van der Waals surface area (Å²) in [6, 6.07) is 0. The van der Waals surface area contributed by atoms with E-state index in [4.69, 9.17) is 0 Å². The Morgan fingerprint density at radius 2 is 1.86 bits per heavy atom. The lowest BCUT2D eigenvalue weighted by molar-refractivity contribution is -0.120. The number of carbonyl (C=O) groups excluding carboxylic acids is 1. The monoisotopic (exact) mass is 219 g/mol. The van der Waals surface area contributed by atoms with Gasteiger partial charge >= 0.3 is 0 Å². The highest BCUT2D eigenvalue weighted by molar-refractivity contribution is 7.89. The first-order chi connectivity index (χ1) is 6.37. The number of sulfonamides is 1. The minimum Gasteiger partial charge on any atom is -0.300 e. The SMILES string of the molecule is CC(=O)C1CCCC1S(=O)(=O)N(C)C. The van der Waals surface area contributed by atoms with E-state index in [2.05, 4.69) is 0 Å². The largest absolute Gasteiger partial charge is 0.300 e. The number of nitrogens with zero attached hydrogens (tertiary/aromatic N) is 1. The van der Waals surface area contributed by atoms with Crippen LogP contribution in [0.2, 0.25) is 0 Å². The van der Waals surface area contributed by atoms with Gasteiger partial charge in [-0.2, -0.15) is 0 Å². The van der Waals surface area contributed by atoms with Gasteiger partial charge in [0, 0.05) is 20.0 Å².